The van der Waals surface area contributed by atoms with E-state index in [0.29, 0.717) is 25.1 Å². The molecule has 4 N–H and O–H groups in total. The molecule has 19 heavy (non-hydrogen) atoms. The van der Waals surface area contributed by atoms with Crippen molar-refractivity contribution in [2.24, 2.45) is 5.73 Å². The zero-order chi connectivity index (χ0) is 14.1. The fraction of sp³-hybridized carbons (Fsp3) is 0.385. The number of hydrogen-bond acceptors (Lipinski definition) is 4. The third kappa shape index (κ3) is 5.39. The van der Waals surface area contributed by atoms with Crippen LogP contribution in [-0.2, 0) is 4.79 Å². The maximum absolute atomic E-state index is 11.4. The SMILES string of the molecule is NC(=O)c1ccccc1OCC(=O)NCCCCO. The lowest BCUT2D eigenvalue weighted by molar-refractivity contribution is -0.123. The van der Waals surface area contributed by atoms with E-state index in [4.69, 9.17) is 15.6 Å². The van der Waals surface area contributed by atoms with Gasteiger partial charge in [0.1, 0.15) is 5.75 Å². The topological polar surface area (TPSA) is 102 Å². The van der Waals surface area contributed by atoms with Gasteiger partial charge in [-0.05, 0) is 25.0 Å². The average molecular weight is 266 g/mol. The molecule has 1 aromatic carbocycles. The lowest BCUT2D eigenvalue weighted by atomic mass is 10.2. The number of amides is 2. The maximum Gasteiger partial charge on any atom is 0.257 e. The van der Waals surface area contributed by atoms with Crippen LogP contribution in [0.3, 0.4) is 0 Å². The molecule has 1 aromatic rings. The third-order valence-electron chi connectivity index (χ3n) is 2.42. The Labute approximate surface area is 111 Å². The smallest absolute Gasteiger partial charge is 0.257 e. The Kier molecular flexibility index (Phi) is 6.38. The summed E-state index contributed by atoms with van der Waals surface area (Å²) in [7, 11) is 0. The number of hydrogen-bond donors (Lipinski definition) is 3. The minimum Gasteiger partial charge on any atom is -0.483 e. The molecule has 1 rings (SSSR count). The quantitative estimate of drug-likeness (QED) is 0.579. The molecule has 6 nitrogen and oxygen atoms in total. The van der Waals surface area contributed by atoms with Crippen LogP contribution in [0.5, 0.6) is 5.75 Å². The van der Waals surface area contributed by atoms with Gasteiger partial charge in [0.2, 0.25) is 0 Å². The molecule has 0 aromatic heterocycles. The first-order chi connectivity index (χ1) is 9.15. The fourth-order valence-corrected chi connectivity index (χ4v) is 1.46. The summed E-state index contributed by atoms with van der Waals surface area (Å²) in [6, 6.07) is 6.48. The minimum atomic E-state index is -0.598. The number of carbonyl (C=O) groups excluding carboxylic acids is 2. The van der Waals surface area contributed by atoms with Gasteiger partial charge < -0.3 is 20.9 Å². The van der Waals surface area contributed by atoms with Crippen molar-refractivity contribution in [2.45, 2.75) is 12.8 Å². The molecular weight excluding hydrogens is 248 g/mol. The summed E-state index contributed by atoms with van der Waals surface area (Å²) in [4.78, 5) is 22.6. The van der Waals surface area contributed by atoms with Crippen LogP contribution in [0.25, 0.3) is 0 Å². The van der Waals surface area contributed by atoms with Gasteiger partial charge >= 0.3 is 0 Å². The zero-order valence-corrected chi connectivity index (χ0v) is 10.6. The number of ether oxygens (including phenoxy) is 1. The molecule has 0 aliphatic heterocycles. The molecule has 0 atom stereocenters. The van der Waals surface area contributed by atoms with E-state index in [2.05, 4.69) is 5.32 Å². The largest absolute Gasteiger partial charge is 0.483 e. The molecule has 0 unspecified atom stereocenters. The van der Waals surface area contributed by atoms with Crippen LogP contribution in [0.2, 0.25) is 0 Å². The Hall–Kier alpha value is -2.08. The van der Waals surface area contributed by atoms with Crippen molar-refractivity contribution in [3.8, 4) is 5.75 Å². The Morgan fingerprint density at radius 1 is 1.26 bits per heavy atom. The van der Waals surface area contributed by atoms with Crippen LogP contribution in [0, 0.1) is 0 Å². The predicted molar refractivity (Wildman–Crippen MR) is 69.8 cm³/mol. The highest BCUT2D eigenvalue weighted by atomic mass is 16.5. The highest BCUT2D eigenvalue weighted by Crippen LogP contribution is 2.16. The Morgan fingerprint density at radius 3 is 2.68 bits per heavy atom. The molecule has 0 saturated carbocycles. The van der Waals surface area contributed by atoms with Gasteiger partial charge in [-0.2, -0.15) is 0 Å². The number of benzene rings is 1. The van der Waals surface area contributed by atoms with E-state index < -0.39 is 5.91 Å². The number of primary amides is 1. The van der Waals surface area contributed by atoms with Gasteiger partial charge in [-0.25, -0.2) is 0 Å². The molecule has 0 radical (unpaired) electrons. The van der Waals surface area contributed by atoms with Gasteiger partial charge in [0.25, 0.3) is 11.8 Å². The van der Waals surface area contributed by atoms with Crippen LogP contribution < -0.4 is 15.8 Å². The summed E-state index contributed by atoms with van der Waals surface area (Å²) in [5.41, 5.74) is 5.44. The third-order valence-corrected chi connectivity index (χ3v) is 2.42. The number of aliphatic hydroxyl groups is 1. The molecule has 0 fully saturated rings. The van der Waals surface area contributed by atoms with Crippen LogP contribution in [0.4, 0.5) is 0 Å². The summed E-state index contributed by atoms with van der Waals surface area (Å²) in [6.45, 7) is 0.419. The monoisotopic (exact) mass is 266 g/mol. The molecular formula is C13H18N2O4. The number of carbonyl (C=O) groups is 2. The second kappa shape index (κ2) is 8.10. The molecule has 0 saturated heterocycles. The first kappa shape index (κ1) is 15.0. The van der Waals surface area contributed by atoms with Crippen molar-refractivity contribution in [3.05, 3.63) is 29.8 Å². The Bertz CT molecular complexity index is 434. The second-order valence-electron chi connectivity index (χ2n) is 3.93. The van der Waals surface area contributed by atoms with Crippen molar-refractivity contribution in [1.82, 2.24) is 5.32 Å². The van der Waals surface area contributed by atoms with Crippen molar-refractivity contribution in [2.75, 3.05) is 19.8 Å². The number of rotatable bonds is 8. The van der Waals surface area contributed by atoms with Crippen molar-refractivity contribution in [3.63, 3.8) is 0 Å². The summed E-state index contributed by atoms with van der Waals surface area (Å²) < 4.78 is 5.25. The average Bonchev–Trinajstić information content (AvgIpc) is 2.41. The minimum absolute atomic E-state index is 0.109. The molecule has 6 heteroatoms. The highest BCUT2D eigenvalue weighted by molar-refractivity contribution is 5.95. The lowest BCUT2D eigenvalue weighted by Crippen LogP contribution is -2.30. The number of aliphatic hydroxyl groups excluding tert-OH is 1. The number of unbranched alkanes of at least 4 members (excludes halogenated alkanes) is 1. The van der Waals surface area contributed by atoms with Gasteiger partial charge in [0, 0.05) is 13.2 Å². The van der Waals surface area contributed by atoms with Gasteiger partial charge in [0.15, 0.2) is 6.61 Å². The molecule has 0 aliphatic rings. The van der Waals surface area contributed by atoms with Crippen molar-refractivity contribution >= 4 is 11.8 Å². The van der Waals surface area contributed by atoms with E-state index in [-0.39, 0.29) is 24.7 Å². The predicted octanol–water partition coefficient (Wildman–Crippen LogP) is 0.0530. The standard InChI is InChI=1S/C13H18N2O4/c14-13(18)10-5-1-2-6-11(10)19-9-12(17)15-7-3-4-8-16/h1-2,5-6,16H,3-4,7-9H2,(H2,14,18)(H,15,17). The van der Waals surface area contributed by atoms with E-state index in [1.807, 2.05) is 0 Å². The molecule has 0 spiro atoms. The van der Waals surface area contributed by atoms with Crippen LogP contribution in [0.1, 0.15) is 23.2 Å². The summed E-state index contributed by atoms with van der Waals surface area (Å²) >= 11 is 0. The van der Waals surface area contributed by atoms with Crippen molar-refractivity contribution in [1.29, 1.82) is 0 Å². The van der Waals surface area contributed by atoms with Crippen LogP contribution >= 0.6 is 0 Å². The first-order valence-electron chi connectivity index (χ1n) is 6.04. The van der Waals surface area contributed by atoms with Gasteiger partial charge in [0.05, 0.1) is 5.56 Å². The Morgan fingerprint density at radius 2 is 2.00 bits per heavy atom. The van der Waals surface area contributed by atoms with Gasteiger partial charge in [-0.15, -0.1) is 0 Å². The number of nitrogens with two attached hydrogens (primary N) is 1. The molecule has 0 heterocycles. The number of nitrogens with one attached hydrogen (secondary N) is 1. The van der Waals surface area contributed by atoms with Gasteiger partial charge in [-0.1, -0.05) is 12.1 Å². The fourth-order valence-electron chi connectivity index (χ4n) is 1.46. The summed E-state index contributed by atoms with van der Waals surface area (Å²) in [5, 5.41) is 11.2. The maximum atomic E-state index is 11.4. The van der Waals surface area contributed by atoms with Crippen LogP contribution in [0.15, 0.2) is 24.3 Å². The van der Waals surface area contributed by atoms with Crippen molar-refractivity contribution < 1.29 is 19.4 Å². The molecule has 104 valence electrons. The number of para-hydroxylation sites is 1. The Balaban J connectivity index is 2.40. The van der Waals surface area contributed by atoms with E-state index >= 15 is 0 Å². The van der Waals surface area contributed by atoms with E-state index in [1.54, 1.807) is 18.2 Å². The molecule has 0 bridgehead atoms. The molecule has 2 amide bonds. The summed E-state index contributed by atoms with van der Waals surface area (Å²) in [5.74, 6) is -0.586. The van der Waals surface area contributed by atoms with E-state index in [9.17, 15) is 9.59 Å². The summed E-state index contributed by atoms with van der Waals surface area (Å²) in [6.07, 6.45) is 1.35. The normalized spacial score (nSPS) is 9.95. The second-order valence-corrected chi connectivity index (χ2v) is 3.93. The highest BCUT2D eigenvalue weighted by Gasteiger charge is 2.09. The zero-order valence-electron chi connectivity index (χ0n) is 10.6. The lowest BCUT2D eigenvalue weighted by Gasteiger charge is -2.09. The van der Waals surface area contributed by atoms with E-state index in [0.717, 1.165) is 0 Å². The first-order valence-corrected chi connectivity index (χ1v) is 6.04. The van der Waals surface area contributed by atoms with Crippen LogP contribution in [-0.4, -0.2) is 36.7 Å². The van der Waals surface area contributed by atoms with Gasteiger partial charge in [-0.3, -0.25) is 9.59 Å². The van der Waals surface area contributed by atoms with E-state index in [1.165, 1.54) is 6.07 Å². The molecule has 0 aliphatic carbocycles.